The van der Waals surface area contributed by atoms with Crippen LogP contribution in [-0.4, -0.2) is 20.9 Å². The molecule has 0 aromatic carbocycles. The minimum absolute atomic E-state index is 0.595. The number of nitrogens with zero attached hydrogens (tertiary/aromatic N) is 3. The van der Waals surface area contributed by atoms with Crippen LogP contribution < -0.4 is 10.6 Å². The molecule has 0 aliphatic heterocycles. The van der Waals surface area contributed by atoms with Crippen molar-refractivity contribution in [2.75, 3.05) is 5.75 Å². The van der Waals surface area contributed by atoms with E-state index in [1.54, 1.807) is 23.1 Å². The fourth-order valence-corrected chi connectivity index (χ4v) is 4.35. The summed E-state index contributed by atoms with van der Waals surface area (Å²) in [6.07, 6.45) is 8.98. The van der Waals surface area contributed by atoms with Gasteiger partial charge in [0.05, 0.1) is 10.2 Å². The van der Waals surface area contributed by atoms with Gasteiger partial charge in [0.1, 0.15) is 4.83 Å². The van der Waals surface area contributed by atoms with E-state index in [1.807, 2.05) is 0 Å². The highest BCUT2D eigenvalue weighted by atomic mass is 32.2. The molecule has 1 aliphatic rings. The van der Waals surface area contributed by atoms with Crippen LogP contribution in [0.2, 0.25) is 0 Å². The van der Waals surface area contributed by atoms with E-state index in [2.05, 4.69) is 41.4 Å². The summed E-state index contributed by atoms with van der Waals surface area (Å²) in [5, 5.41) is 12.4. The number of thiophene rings is 1. The number of hydrogen-bond donors (Lipinski definition) is 0. The van der Waals surface area contributed by atoms with Gasteiger partial charge in [0, 0.05) is 11.1 Å². The summed E-state index contributed by atoms with van der Waals surface area (Å²) in [6.45, 7) is 2.18. The van der Waals surface area contributed by atoms with E-state index in [0.29, 0.717) is 11.1 Å². The molecule has 0 atom stereocenters. The molecular formula is C17H17N3OS2. The Morgan fingerprint density at radius 2 is 2.13 bits per heavy atom. The standard InChI is InChI=1S/C17H17N3OS2/c1-2-3-8-22-17-20-19-15(21-17)14-10-12-9-11-6-4-5-7-13(11)18-16(12)23-14/h6-7,9-10H,2-5,8H2,1H3. The van der Waals surface area contributed by atoms with Crippen molar-refractivity contribution in [3.8, 4) is 10.8 Å². The zero-order chi connectivity index (χ0) is 15.6. The van der Waals surface area contributed by atoms with Gasteiger partial charge in [0.2, 0.25) is 0 Å². The van der Waals surface area contributed by atoms with Gasteiger partial charge < -0.3 is 4.42 Å². The minimum Gasteiger partial charge on any atom is -0.410 e. The average Bonchev–Trinajstić information content (AvgIpc) is 3.19. The summed E-state index contributed by atoms with van der Waals surface area (Å²) in [5.41, 5.74) is 0. The van der Waals surface area contributed by atoms with Gasteiger partial charge in [-0.15, -0.1) is 21.5 Å². The third kappa shape index (κ3) is 3.05. The lowest BCUT2D eigenvalue weighted by molar-refractivity contribution is 0.466. The number of pyridine rings is 1. The zero-order valence-electron chi connectivity index (χ0n) is 12.9. The highest BCUT2D eigenvalue weighted by Crippen LogP contribution is 2.32. The molecule has 3 heterocycles. The molecule has 0 saturated heterocycles. The number of unbranched alkanes of at least 4 members (excludes halogenated alkanes) is 1. The molecule has 6 heteroatoms. The Morgan fingerprint density at radius 1 is 1.22 bits per heavy atom. The molecule has 118 valence electrons. The quantitative estimate of drug-likeness (QED) is 0.523. The first kappa shape index (κ1) is 14.9. The highest BCUT2D eigenvalue weighted by Gasteiger charge is 2.13. The summed E-state index contributed by atoms with van der Waals surface area (Å²) in [4.78, 5) is 6.79. The molecular weight excluding hydrogens is 326 g/mol. The van der Waals surface area contributed by atoms with Crippen molar-refractivity contribution in [3.05, 3.63) is 22.7 Å². The van der Waals surface area contributed by atoms with Crippen molar-refractivity contribution in [1.29, 1.82) is 0 Å². The van der Waals surface area contributed by atoms with Crippen molar-refractivity contribution in [1.82, 2.24) is 15.2 Å². The second kappa shape index (κ2) is 6.45. The number of rotatable bonds is 5. The predicted octanol–water partition coefficient (Wildman–Crippen LogP) is 3.59. The Balaban J connectivity index is 1.67. The Labute approximate surface area is 142 Å². The average molecular weight is 343 g/mol. The summed E-state index contributed by atoms with van der Waals surface area (Å²) < 4.78 is 5.78. The third-order valence-electron chi connectivity index (χ3n) is 3.78. The lowest BCUT2D eigenvalue weighted by Crippen LogP contribution is -2.29. The van der Waals surface area contributed by atoms with Gasteiger partial charge in [-0.2, -0.15) is 0 Å². The first-order chi connectivity index (χ1) is 11.3. The lowest BCUT2D eigenvalue weighted by atomic mass is 10.1. The molecule has 0 spiro atoms. The molecule has 4 rings (SSSR count). The maximum absolute atomic E-state index is 5.78. The first-order valence-electron chi connectivity index (χ1n) is 7.91. The van der Waals surface area contributed by atoms with Gasteiger partial charge in [-0.3, -0.25) is 0 Å². The molecule has 3 aromatic heterocycles. The van der Waals surface area contributed by atoms with Crippen LogP contribution in [0.15, 0.2) is 21.8 Å². The van der Waals surface area contributed by atoms with E-state index >= 15 is 0 Å². The van der Waals surface area contributed by atoms with Crippen molar-refractivity contribution in [2.45, 2.75) is 37.8 Å². The number of thioether (sulfide) groups is 1. The second-order valence-corrected chi connectivity index (χ2v) is 7.61. The van der Waals surface area contributed by atoms with Gasteiger partial charge in [0.25, 0.3) is 11.1 Å². The van der Waals surface area contributed by atoms with E-state index in [-0.39, 0.29) is 0 Å². The SMILES string of the molecule is CCCCSc1nnc(-c2cc3cc4c(nc3s2)=CCCC=4)o1. The second-order valence-electron chi connectivity index (χ2n) is 5.53. The molecule has 0 amide bonds. The van der Waals surface area contributed by atoms with Crippen LogP contribution in [0.1, 0.15) is 32.6 Å². The number of aromatic nitrogens is 3. The molecule has 0 radical (unpaired) electrons. The van der Waals surface area contributed by atoms with Gasteiger partial charge in [-0.1, -0.05) is 37.3 Å². The van der Waals surface area contributed by atoms with Crippen LogP contribution in [0.5, 0.6) is 0 Å². The highest BCUT2D eigenvalue weighted by molar-refractivity contribution is 7.99. The topological polar surface area (TPSA) is 51.8 Å². The number of hydrogen-bond acceptors (Lipinski definition) is 6. The first-order valence-corrected chi connectivity index (χ1v) is 9.71. The molecule has 0 bridgehead atoms. The molecule has 23 heavy (non-hydrogen) atoms. The van der Waals surface area contributed by atoms with Crippen LogP contribution in [0.4, 0.5) is 0 Å². The van der Waals surface area contributed by atoms with Gasteiger partial charge >= 0.3 is 0 Å². The molecule has 0 unspecified atom stereocenters. The predicted molar refractivity (Wildman–Crippen MR) is 96.0 cm³/mol. The Hall–Kier alpha value is -1.66. The molecule has 3 aromatic rings. The third-order valence-corrected chi connectivity index (χ3v) is 5.72. The van der Waals surface area contributed by atoms with Crippen molar-refractivity contribution < 1.29 is 4.42 Å². The van der Waals surface area contributed by atoms with E-state index in [4.69, 9.17) is 9.40 Å². The summed E-state index contributed by atoms with van der Waals surface area (Å²) in [5.74, 6) is 1.61. The van der Waals surface area contributed by atoms with E-state index in [0.717, 1.165) is 45.5 Å². The van der Waals surface area contributed by atoms with E-state index in [9.17, 15) is 0 Å². The summed E-state index contributed by atoms with van der Waals surface area (Å²) in [7, 11) is 0. The van der Waals surface area contributed by atoms with Crippen LogP contribution in [0.3, 0.4) is 0 Å². The van der Waals surface area contributed by atoms with Crippen LogP contribution in [-0.2, 0) is 0 Å². The minimum atomic E-state index is 0.595. The van der Waals surface area contributed by atoms with Gasteiger partial charge in [0.15, 0.2) is 0 Å². The smallest absolute Gasteiger partial charge is 0.276 e. The van der Waals surface area contributed by atoms with Crippen molar-refractivity contribution in [3.63, 3.8) is 0 Å². The lowest BCUT2D eigenvalue weighted by Gasteiger charge is -1.98. The Morgan fingerprint density at radius 3 is 3.04 bits per heavy atom. The number of fused-ring (bicyclic) bond motifs is 2. The maximum Gasteiger partial charge on any atom is 0.276 e. The fourth-order valence-electron chi connectivity index (χ4n) is 2.56. The Kier molecular flexibility index (Phi) is 4.18. The zero-order valence-corrected chi connectivity index (χ0v) is 14.5. The van der Waals surface area contributed by atoms with Crippen molar-refractivity contribution in [2.24, 2.45) is 0 Å². The monoisotopic (exact) mass is 343 g/mol. The molecule has 0 fully saturated rings. The normalized spacial score (nSPS) is 13.6. The summed E-state index contributed by atoms with van der Waals surface area (Å²) >= 11 is 3.24. The van der Waals surface area contributed by atoms with Gasteiger partial charge in [-0.25, -0.2) is 4.98 Å². The van der Waals surface area contributed by atoms with Crippen LogP contribution in [0, 0.1) is 0 Å². The molecule has 1 aliphatic carbocycles. The van der Waals surface area contributed by atoms with Crippen molar-refractivity contribution >= 4 is 45.5 Å². The largest absolute Gasteiger partial charge is 0.410 e. The van der Waals surface area contributed by atoms with E-state index in [1.165, 1.54) is 11.6 Å². The summed E-state index contributed by atoms with van der Waals surface area (Å²) in [6, 6.07) is 4.31. The molecule has 0 saturated carbocycles. The molecule has 0 N–H and O–H groups in total. The maximum atomic E-state index is 5.78. The van der Waals surface area contributed by atoms with Crippen LogP contribution >= 0.6 is 23.1 Å². The van der Waals surface area contributed by atoms with Crippen LogP contribution in [0.25, 0.3) is 33.1 Å². The van der Waals surface area contributed by atoms with E-state index < -0.39 is 0 Å². The van der Waals surface area contributed by atoms with Gasteiger partial charge in [-0.05, 0) is 36.6 Å². The fraction of sp³-hybridized carbons (Fsp3) is 0.353. The molecule has 4 nitrogen and oxygen atoms in total. The Bertz CT molecular complexity index is 905.